The van der Waals surface area contributed by atoms with E-state index in [1.165, 1.54) is 11.3 Å². The summed E-state index contributed by atoms with van der Waals surface area (Å²) in [6.07, 6.45) is 1.83. The number of nitrogens with one attached hydrogen (secondary N) is 2. The Morgan fingerprint density at radius 2 is 2.04 bits per heavy atom. The van der Waals surface area contributed by atoms with Crippen molar-refractivity contribution in [3.05, 3.63) is 39.3 Å². The molecule has 0 radical (unpaired) electrons. The molecule has 0 aromatic carbocycles. The monoisotopic (exact) mass is 505 g/mol. The van der Waals surface area contributed by atoms with Gasteiger partial charge in [0.2, 0.25) is 0 Å². The van der Waals surface area contributed by atoms with Crippen LogP contribution >= 0.6 is 35.3 Å². The predicted octanol–water partition coefficient (Wildman–Crippen LogP) is 3.19. The summed E-state index contributed by atoms with van der Waals surface area (Å²) in [5.74, 6) is 0.705. The largest absolute Gasteiger partial charge is 0.384 e. The van der Waals surface area contributed by atoms with Crippen LogP contribution in [0.2, 0.25) is 0 Å². The van der Waals surface area contributed by atoms with Crippen molar-refractivity contribution in [1.29, 1.82) is 0 Å². The summed E-state index contributed by atoms with van der Waals surface area (Å²) < 4.78 is 1.96. The lowest BCUT2D eigenvalue weighted by atomic mass is 9.99. The van der Waals surface area contributed by atoms with Gasteiger partial charge in [-0.15, -0.1) is 24.0 Å². The van der Waals surface area contributed by atoms with Crippen LogP contribution in [0.25, 0.3) is 0 Å². The average molecular weight is 505 g/mol. The van der Waals surface area contributed by atoms with Gasteiger partial charge in [-0.05, 0) is 49.1 Å². The predicted molar refractivity (Wildman–Crippen MR) is 124 cm³/mol. The quantitative estimate of drug-likeness (QED) is 0.293. The first kappa shape index (κ1) is 23.9. The van der Waals surface area contributed by atoms with Crippen molar-refractivity contribution in [2.24, 2.45) is 12.0 Å². The number of aliphatic hydroxyl groups is 1. The van der Waals surface area contributed by atoms with Crippen LogP contribution < -0.4 is 10.6 Å². The van der Waals surface area contributed by atoms with Crippen LogP contribution in [0.4, 0.5) is 0 Å². The first-order chi connectivity index (χ1) is 12.4. The molecule has 2 aromatic heterocycles. The topological polar surface area (TPSA) is 74.5 Å². The molecule has 0 saturated heterocycles. The van der Waals surface area contributed by atoms with Crippen LogP contribution in [-0.4, -0.2) is 33.9 Å². The number of guanidine groups is 1. The van der Waals surface area contributed by atoms with Crippen molar-refractivity contribution in [2.75, 3.05) is 13.1 Å². The molecule has 8 heteroatoms. The first-order valence-corrected chi connectivity index (χ1v) is 10.2. The minimum atomic E-state index is -0.937. The molecule has 2 aromatic rings. The van der Waals surface area contributed by atoms with E-state index < -0.39 is 5.60 Å². The number of halogens is 1. The number of aryl methyl sites for hydroxylation is 2. The highest BCUT2D eigenvalue weighted by Crippen LogP contribution is 2.22. The van der Waals surface area contributed by atoms with Crippen molar-refractivity contribution in [2.45, 2.75) is 52.7 Å². The molecule has 0 aliphatic rings. The Morgan fingerprint density at radius 3 is 2.59 bits per heavy atom. The first-order valence-electron chi connectivity index (χ1n) is 9.23. The molecule has 0 spiro atoms. The van der Waals surface area contributed by atoms with Gasteiger partial charge in [-0.2, -0.15) is 16.4 Å². The highest BCUT2D eigenvalue weighted by Gasteiger charge is 2.23. The highest BCUT2D eigenvalue weighted by molar-refractivity contribution is 14.0. The molecule has 0 saturated carbocycles. The Balaban J connectivity index is 0.00000364. The number of aliphatic imine (C=N–C) groups is 1. The Kier molecular flexibility index (Phi) is 9.75. The third kappa shape index (κ3) is 6.18. The molecular weight excluding hydrogens is 473 g/mol. The van der Waals surface area contributed by atoms with Gasteiger partial charge in [0, 0.05) is 24.8 Å². The van der Waals surface area contributed by atoms with Gasteiger partial charge in [-0.1, -0.05) is 13.8 Å². The van der Waals surface area contributed by atoms with Crippen LogP contribution in [0.5, 0.6) is 0 Å². The lowest BCUT2D eigenvalue weighted by Gasteiger charge is -2.24. The number of hydrogen-bond donors (Lipinski definition) is 3. The van der Waals surface area contributed by atoms with Gasteiger partial charge in [0.15, 0.2) is 5.96 Å². The third-order valence-electron chi connectivity index (χ3n) is 4.51. The molecule has 6 nitrogen and oxygen atoms in total. The van der Waals surface area contributed by atoms with E-state index >= 15 is 0 Å². The van der Waals surface area contributed by atoms with Gasteiger partial charge in [-0.3, -0.25) is 4.68 Å². The molecule has 0 aliphatic carbocycles. The number of rotatable bonds is 8. The molecule has 0 amide bonds. The minimum Gasteiger partial charge on any atom is -0.384 e. The molecule has 2 heterocycles. The third-order valence-corrected chi connectivity index (χ3v) is 5.19. The number of nitrogens with zero attached hydrogens (tertiary/aromatic N) is 3. The van der Waals surface area contributed by atoms with Crippen molar-refractivity contribution >= 4 is 41.3 Å². The molecular formula is C19H32IN5OS. The van der Waals surface area contributed by atoms with E-state index in [0.717, 1.165) is 30.6 Å². The van der Waals surface area contributed by atoms with E-state index in [4.69, 9.17) is 4.99 Å². The van der Waals surface area contributed by atoms with E-state index in [1.54, 1.807) is 11.3 Å². The Labute approximate surface area is 183 Å². The second-order valence-electron chi connectivity index (χ2n) is 6.54. The van der Waals surface area contributed by atoms with Crippen LogP contribution in [0, 0.1) is 0 Å². The number of thiophene rings is 1. The maximum absolute atomic E-state index is 10.7. The van der Waals surface area contributed by atoms with Gasteiger partial charge in [0.05, 0.1) is 18.8 Å². The molecule has 1 atom stereocenters. The minimum absolute atomic E-state index is 0. The van der Waals surface area contributed by atoms with Crippen LogP contribution in [0.3, 0.4) is 0 Å². The number of aromatic nitrogens is 2. The summed E-state index contributed by atoms with van der Waals surface area (Å²) >= 11 is 1.59. The van der Waals surface area contributed by atoms with Crippen molar-refractivity contribution in [3.8, 4) is 0 Å². The lowest BCUT2D eigenvalue weighted by Crippen LogP contribution is -2.44. The molecule has 0 bridgehead atoms. The summed E-state index contributed by atoms with van der Waals surface area (Å²) in [5.41, 5.74) is 3.52. The molecule has 2 rings (SSSR count). The van der Waals surface area contributed by atoms with E-state index in [-0.39, 0.29) is 24.0 Å². The summed E-state index contributed by atoms with van der Waals surface area (Å²) in [6, 6.07) is 1.95. The molecule has 3 N–H and O–H groups in total. The van der Waals surface area contributed by atoms with Crippen LogP contribution in [0.1, 0.15) is 50.2 Å². The fraction of sp³-hybridized carbons (Fsp3) is 0.579. The Bertz CT molecular complexity index is 725. The standard InChI is InChI=1S/C19H31N5OS.HI/c1-6-16-15(17(7-2)24(5)23-16)11-21-18(20-8-3)22-13-19(4,25)14-9-10-26-12-14;/h9-10,12,25H,6-8,11,13H2,1-5H3,(H2,20,21,22);1H. The maximum atomic E-state index is 10.7. The SMILES string of the molecule is CCNC(=NCc1c(CC)nn(C)c1CC)NCC(C)(O)c1ccsc1.I. The lowest BCUT2D eigenvalue weighted by molar-refractivity contribution is 0.0621. The van der Waals surface area contributed by atoms with E-state index in [0.29, 0.717) is 19.0 Å². The molecule has 1 unspecified atom stereocenters. The van der Waals surface area contributed by atoms with Crippen LogP contribution in [0.15, 0.2) is 21.8 Å². The fourth-order valence-corrected chi connectivity index (χ4v) is 3.78. The average Bonchev–Trinajstić information content (AvgIpc) is 3.25. The van der Waals surface area contributed by atoms with Gasteiger partial charge < -0.3 is 15.7 Å². The highest BCUT2D eigenvalue weighted by atomic mass is 127. The van der Waals surface area contributed by atoms with Crippen molar-refractivity contribution in [3.63, 3.8) is 0 Å². The zero-order valence-electron chi connectivity index (χ0n) is 16.9. The molecule has 27 heavy (non-hydrogen) atoms. The second kappa shape index (κ2) is 11.0. The summed E-state index contributed by atoms with van der Waals surface area (Å²) in [6.45, 7) is 9.85. The van der Waals surface area contributed by atoms with Gasteiger partial charge >= 0.3 is 0 Å². The Morgan fingerprint density at radius 1 is 1.30 bits per heavy atom. The number of hydrogen-bond acceptors (Lipinski definition) is 4. The van der Waals surface area contributed by atoms with Gasteiger partial charge in [0.25, 0.3) is 0 Å². The molecule has 152 valence electrons. The van der Waals surface area contributed by atoms with Crippen molar-refractivity contribution in [1.82, 2.24) is 20.4 Å². The van der Waals surface area contributed by atoms with Gasteiger partial charge in [0.1, 0.15) is 5.60 Å². The normalized spacial score (nSPS) is 13.8. The van der Waals surface area contributed by atoms with E-state index in [1.807, 2.05) is 42.4 Å². The summed E-state index contributed by atoms with van der Waals surface area (Å²) in [4.78, 5) is 4.73. The zero-order valence-corrected chi connectivity index (χ0v) is 20.0. The summed E-state index contributed by atoms with van der Waals surface area (Å²) in [5, 5.41) is 25.8. The zero-order chi connectivity index (χ0) is 19.2. The Hall–Kier alpha value is -1.13. The smallest absolute Gasteiger partial charge is 0.191 e. The van der Waals surface area contributed by atoms with E-state index in [9.17, 15) is 5.11 Å². The maximum Gasteiger partial charge on any atom is 0.191 e. The van der Waals surface area contributed by atoms with Crippen LogP contribution in [-0.2, 0) is 32.0 Å². The second-order valence-corrected chi connectivity index (χ2v) is 7.32. The fourth-order valence-electron chi connectivity index (χ4n) is 3.00. The molecule has 0 aliphatic heterocycles. The van der Waals surface area contributed by atoms with Crippen molar-refractivity contribution < 1.29 is 5.11 Å². The van der Waals surface area contributed by atoms with Gasteiger partial charge in [-0.25, -0.2) is 4.99 Å². The summed E-state index contributed by atoms with van der Waals surface area (Å²) in [7, 11) is 1.99. The van der Waals surface area contributed by atoms with E-state index in [2.05, 4.69) is 29.6 Å². The molecule has 0 fully saturated rings.